The van der Waals surface area contributed by atoms with E-state index in [9.17, 15) is 9.59 Å². The summed E-state index contributed by atoms with van der Waals surface area (Å²) in [5, 5.41) is 10.7. The predicted molar refractivity (Wildman–Crippen MR) is 121 cm³/mol. The minimum absolute atomic E-state index is 0.189. The van der Waals surface area contributed by atoms with Gasteiger partial charge in [0.25, 0.3) is 5.91 Å². The van der Waals surface area contributed by atoms with Gasteiger partial charge in [-0.3, -0.25) is 13.9 Å². The molecule has 0 aliphatic carbocycles. The highest BCUT2D eigenvalue weighted by Gasteiger charge is 2.27. The van der Waals surface area contributed by atoms with Crippen molar-refractivity contribution < 1.29 is 14.3 Å². The van der Waals surface area contributed by atoms with E-state index in [2.05, 4.69) is 20.7 Å². The van der Waals surface area contributed by atoms with Crippen molar-refractivity contribution in [3.05, 3.63) is 46.5 Å². The summed E-state index contributed by atoms with van der Waals surface area (Å²) < 4.78 is 8.93. The van der Waals surface area contributed by atoms with Crippen LogP contribution in [-0.4, -0.2) is 43.3 Å². The smallest absolute Gasteiger partial charge is 0.407 e. The number of aryl methyl sites for hydroxylation is 2. The molecule has 3 aromatic heterocycles. The minimum Gasteiger partial charge on any atom is -0.444 e. The molecule has 0 saturated heterocycles. The number of hydrogen-bond acceptors (Lipinski definition) is 5. The van der Waals surface area contributed by atoms with Crippen LogP contribution >= 0.6 is 11.6 Å². The van der Waals surface area contributed by atoms with Crippen molar-refractivity contribution in [2.75, 3.05) is 11.9 Å². The van der Waals surface area contributed by atoms with Gasteiger partial charge in [-0.05, 0) is 58.6 Å². The number of imidazole rings is 1. The number of fused-ring (bicyclic) bond motifs is 2. The number of halogens is 1. The normalized spacial score (nSPS) is 16.0. The van der Waals surface area contributed by atoms with Crippen LogP contribution in [0.25, 0.3) is 5.65 Å². The molecule has 0 aromatic carbocycles. The maximum absolute atomic E-state index is 13.1. The van der Waals surface area contributed by atoms with E-state index in [4.69, 9.17) is 16.3 Å². The van der Waals surface area contributed by atoms with Crippen LogP contribution in [0.3, 0.4) is 0 Å². The van der Waals surface area contributed by atoms with Crippen LogP contribution in [0.2, 0.25) is 5.02 Å². The Balaban J connectivity index is 1.47. The van der Waals surface area contributed by atoms with Gasteiger partial charge in [0.1, 0.15) is 17.1 Å². The van der Waals surface area contributed by atoms with E-state index in [1.54, 1.807) is 28.9 Å². The fourth-order valence-electron chi connectivity index (χ4n) is 3.87. The van der Waals surface area contributed by atoms with Crippen molar-refractivity contribution in [2.24, 2.45) is 5.92 Å². The molecule has 170 valence electrons. The Bertz CT molecular complexity index is 1180. The van der Waals surface area contributed by atoms with Crippen molar-refractivity contribution in [3.63, 3.8) is 0 Å². The molecule has 1 unspecified atom stereocenters. The first-order valence-electron chi connectivity index (χ1n) is 10.6. The highest BCUT2D eigenvalue weighted by atomic mass is 35.5. The molecule has 1 atom stereocenters. The fraction of sp³-hybridized carbons (Fsp3) is 0.455. The molecule has 0 spiro atoms. The van der Waals surface area contributed by atoms with Gasteiger partial charge in [0.05, 0.1) is 28.2 Å². The molecule has 10 heteroatoms. The van der Waals surface area contributed by atoms with E-state index < -0.39 is 11.7 Å². The summed E-state index contributed by atoms with van der Waals surface area (Å²) in [4.78, 5) is 29.6. The number of amides is 2. The number of hydrogen-bond donors (Lipinski definition) is 2. The molecule has 0 fully saturated rings. The second-order valence-corrected chi connectivity index (χ2v) is 9.48. The van der Waals surface area contributed by atoms with Crippen molar-refractivity contribution in [1.29, 1.82) is 0 Å². The molecule has 9 nitrogen and oxygen atoms in total. The lowest BCUT2D eigenvalue weighted by Gasteiger charge is -2.25. The van der Waals surface area contributed by atoms with E-state index in [1.165, 1.54) is 0 Å². The highest BCUT2D eigenvalue weighted by molar-refractivity contribution is 6.30. The molecule has 1 aliphatic heterocycles. The SMILES string of the molecule is Cc1nc2ccc(Cl)cn2c1NC(=O)c1cnn2c1CC(CNC(=O)OC(C)(C)C)CC2. The van der Waals surface area contributed by atoms with E-state index in [1.807, 2.05) is 32.4 Å². The quantitative estimate of drug-likeness (QED) is 0.618. The third-order valence-electron chi connectivity index (χ3n) is 5.35. The number of alkyl carbamates (subject to hydrolysis) is 1. The van der Waals surface area contributed by atoms with Gasteiger partial charge >= 0.3 is 6.09 Å². The lowest BCUT2D eigenvalue weighted by atomic mass is 9.94. The van der Waals surface area contributed by atoms with Gasteiger partial charge in [-0.25, -0.2) is 9.78 Å². The summed E-state index contributed by atoms with van der Waals surface area (Å²) in [5.41, 5.74) is 2.23. The topological polar surface area (TPSA) is 103 Å². The number of ether oxygens (including phenoxy) is 1. The summed E-state index contributed by atoms with van der Waals surface area (Å²) in [6, 6.07) is 3.56. The van der Waals surface area contributed by atoms with E-state index >= 15 is 0 Å². The first-order valence-corrected chi connectivity index (χ1v) is 11.0. The predicted octanol–water partition coefficient (Wildman–Crippen LogP) is 3.83. The van der Waals surface area contributed by atoms with Crippen molar-refractivity contribution in [3.8, 4) is 0 Å². The Morgan fingerprint density at radius 1 is 1.31 bits per heavy atom. The number of aromatic nitrogens is 4. The number of carbonyl (C=O) groups excluding carboxylic acids is 2. The Kier molecular flexibility index (Phi) is 5.85. The first kappa shape index (κ1) is 22.1. The van der Waals surface area contributed by atoms with Gasteiger partial charge in [0.2, 0.25) is 0 Å². The molecule has 0 saturated carbocycles. The van der Waals surface area contributed by atoms with Crippen LogP contribution < -0.4 is 10.6 Å². The van der Waals surface area contributed by atoms with Gasteiger partial charge in [-0.1, -0.05) is 11.6 Å². The highest BCUT2D eigenvalue weighted by Crippen LogP contribution is 2.25. The molecule has 32 heavy (non-hydrogen) atoms. The maximum atomic E-state index is 13.1. The zero-order valence-electron chi connectivity index (χ0n) is 18.6. The number of anilines is 1. The number of carbonyl (C=O) groups is 2. The summed E-state index contributed by atoms with van der Waals surface area (Å²) >= 11 is 6.12. The largest absolute Gasteiger partial charge is 0.444 e. The zero-order chi connectivity index (χ0) is 23.0. The van der Waals surface area contributed by atoms with Crippen molar-refractivity contribution in [2.45, 2.75) is 52.7 Å². The summed E-state index contributed by atoms with van der Waals surface area (Å²) in [6.07, 6.45) is 4.38. The number of pyridine rings is 1. The molecule has 0 bridgehead atoms. The molecule has 2 N–H and O–H groups in total. The van der Waals surface area contributed by atoms with Crippen LogP contribution in [0.4, 0.5) is 10.6 Å². The van der Waals surface area contributed by atoms with E-state index in [0.717, 1.165) is 12.1 Å². The first-order chi connectivity index (χ1) is 15.1. The Labute approximate surface area is 191 Å². The van der Waals surface area contributed by atoms with Gasteiger partial charge in [0, 0.05) is 19.3 Å². The Morgan fingerprint density at radius 2 is 2.09 bits per heavy atom. The van der Waals surface area contributed by atoms with Crippen LogP contribution in [0, 0.1) is 12.8 Å². The van der Waals surface area contributed by atoms with Crippen LogP contribution in [-0.2, 0) is 17.7 Å². The average molecular weight is 459 g/mol. The molecule has 0 radical (unpaired) electrons. The fourth-order valence-corrected chi connectivity index (χ4v) is 4.03. The third-order valence-corrected chi connectivity index (χ3v) is 5.57. The van der Waals surface area contributed by atoms with Crippen LogP contribution in [0.15, 0.2) is 24.5 Å². The molecule has 3 aromatic rings. The minimum atomic E-state index is -0.541. The Hall–Kier alpha value is -3.07. The molecule has 2 amide bonds. The molecular formula is C22H27ClN6O3. The summed E-state index contributed by atoms with van der Waals surface area (Å²) in [6.45, 7) is 8.49. The lowest BCUT2D eigenvalue weighted by molar-refractivity contribution is 0.0516. The number of nitrogens with one attached hydrogen (secondary N) is 2. The average Bonchev–Trinajstić information content (AvgIpc) is 3.26. The van der Waals surface area contributed by atoms with Gasteiger partial charge in [-0.2, -0.15) is 5.10 Å². The second kappa shape index (κ2) is 8.46. The van der Waals surface area contributed by atoms with E-state index in [0.29, 0.717) is 47.3 Å². The van der Waals surface area contributed by atoms with Gasteiger partial charge in [-0.15, -0.1) is 0 Å². The number of rotatable bonds is 4. The van der Waals surface area contributed by atoms with Crippen LogP contribution in [0.1, 0.15) is 48.9 Å². The van der Waals surface area contributed by atoms with Crippen LogP contribution in [0.5, 0.6) is 0 Å². The Morgan fingerprint density at radius 3 is 2.84 bits per heavy atom. The van der Waals surface area contributed by atoms with Crippen molar-refractivity contribution >= 4 is 35.1 Å². The van der Waals surface area contributed by atoms with E-state index in [-0.39, 0.29) is 11.8 Å². The van der Waals surface area contributed by atoms with Crippen molar-refractivity contribution in [1.82, 2.24) is 24.5 Å². The number of nitrogens with zero attached hydrogens (tertiary/aromatic N) is 4. The monoisotopic (exact) mass is 458 g/mol. The molecular weight excluding hydrogens is 432 g/mol. The molecule has 4 rings (SSSR count). The molecule has 1 aliphatic rings. The maximum Gasteiger partial charge on any atom is 0.407 e. The lowest BCUT2D eigenvalue weighted by Crippen LogP contribution is -2.37. The third kappa shape index (κ3) is 4.72. The summed E-state index contributed by atoms with van der Waals surface area (Å²) in [5.74, 6) is 0.512. The molecule has 4 heterocycles. The summed E-state index contributed by atoms with van der Waals surface area (Å²) in [7, 11) is 0. The second-order valence-electron chi connectivity index (χ2n) is 9.05. The van der Waals surface area contributed by atoms with Gasteiger partial charge < -0.3 is 15.4 Å². The van der Waals surface area contributed by atoms with Gasteiger partial charge in [0.15, 0.2) is 0 Å². The standard InChI is InChI=1S/C22H27ClN6O3/c1-13-19(28-12-15(23)5-6-18(28)26-13)27-20(30)16-11-25-29-8-7-14(9-17(16)29)10-24-21(31)32-22(2,3)4/h5-6,11-12,14H,7-10H2,1-4H3,(H,24,31)(H,27,30). The zero-order valence-corrected chi connectivity index (χ0v) is 19.4.